The van der Waals surface area contributed by atoms with Crippen molar-refractivity contribution in [1.29, 1.82) is 0 Å². The average molecular weight is 286 g/mol. The average Bonchev–Trinajstić information content (AvgIpc) is 2.37. The largest absolute Gasteiger partial charge is 0.368 e. The number of halogens is 2. The normalized spacial score (nSPS) is 10.3. The summed E-state index contributed by atoms with van der Waals surface area (Å²) >= 11 is 0. The summed E-state index contributed by atoms with van der Waals surface area (Å²) in [5, 5.41) is 2.79. The van der Waals surface area contributed by atoms with Crippen molar-refractivity contribution in [2.45, 2.75) is 13.3 Å². The number of carbonyl (C=O) groups is 1. The van der Waals surface area contributed by atoms with E-state index in [-0.39, 0.29) is 24.1 Å². The first-order valence-electron chi connectivity index (χ1n) is 6.38. The molecular formula is C13H20F2N4O. The zero-order valence-electron chi connectivity index (χ0n) is 12.2. The van der Waals surface area contributed by atoms with Crippen LogP contribution in [0.25, 0.3) is 0 Å². The number of aromatic nitrogens is 1. The monoisotopic (exact) mass is 286 g/mol. The Morgan fingerprint density at radius 2 is 1.95 bits per heavy atom. The molecule has 0 spiro atoms. The van der Waals surface area contributed by atoms with Crippen LogP contribution in [0.15, 0.2) is 6.07 Å². The summed E-state index contributed by atoms with van der Waals surface area (Å²) in [6.45, 7) is 2.43. The van der Waals surface area contributed by atoms with Crippen LogP contribution in [0.1, 0.15) is 13.3 Å². The van der Waals surface area contributed by atoms with Crippen LogP contribution in [0.4, 0.5) is 20.4 Å². The molecule has 0 fully saturated rings. The van der Waals surface area contributed by atoms with Crippen molar-refractivity contribution in [3.05, 3.63) is 17.7 Å². The second-order valence-corrected chi connectivity index (χ2v) is 4.70. The lowest BCUT2D eigenvalue weighted by molar-refractivity contribution is -0.127. The van der Waals surface area contributed by atoms with Crippen LogP contribution >= 0.6 is 0 Å². The number of carbonyl (C=O) groups excluding carboxylic acids is 1. The fourth-order valence-electron chi connectivity index (χ4n) is 1.51. The zero-order valence-corrected chi connectivity index (χ0v) is 12.2. The number of amides is 1. The molecule has 0 bridgehead atoms. The molecule has 0 aromatic carbocycles. The quantitative estimate of drug-likeness (QED) is 0.865. The summed E-state index contributed by atoms with van der Waals surface area (Å²) in [4.78, 5) is 18.3. The van der Waals surface area contributed by atoms with E-state index in [1.807, 2.05) is 6.92 Å². The zero-order chi connectivity index (χ0) is 15.3. The second-order valence-electron chi connectivity index (χ2n) is 4.70. The van der Waals surface area contributed by atoms with Gasteiger partial charge in [0.25, 0.3) is 0 Å². The highest BCUT2D eigenvalue weighted by Gasteiger charge is 2.17. The third kappa shape index (κ3) is 4.04. The van der Waals surface area contributed by atoms with Crippen LogP contribution in [0.5, 0.6) is 0 Å². The molecule has 0 saturated heterocycles. The Hall–Kier alpha value is -1.92. The van der Waals surface area contributed by atoms with Gasteiger partial charge >= 0.3 is 0 Å². The molecule has 112 valence electrons. The molecule has 5 nitrogen and oxygen atoms in total. The highest BCUT2D eigenvalue weighted by atomic mass is 19.1. The van der Waals surface area contributed by atoms with Gasteiger partial charge in [0.15, 0.2) is 23.3 Å². The lowest BCUT2D eigenvalue weighted by atomic mass is 10.3. The maximum absolute atomic E-state index is 13.8. The molecule has 1 aromatic heterocycles. The minimum absolute atomic E-state index is 0.00704. The first kappa shape index (κ1) is 16.1. The van der Waals surface area contributed by atoms with Gasteiger partial charge in [-0.05, 0) is 6.42 Å². The van der Waals surface area contributed by atoms with E-state index in [1.165, 1.54) is 16.8 Å². The fraction of sp³-hybridized carbons (Fsp3) is 0.538. The Balaban J connectivity index is 2.95. The molecule has 1 aromatic rings. The topological polar surface area (TPSA) is 48.5 Å². The Labute approximate surface area is 117 Å². The van der Waals surface area contributed by atoms with Gasteiger partial charge in [0.05, 0.1) is 6.54 Å². The van der Waals surface area contributed by atoms with E-state index >= 15 is 0 Å². The molecule has 0 aliphatic heterocycles. The molecule has 1 amide bonds. The number of likely N-dealkylation sites (N-methyl/N-ethyl adjacent to an activating group) is 2. The molecule has 0 unspecified atom stereocenters. The standard InChI is InChI=1S/C13H20F2N4O/c1-5-6-16-12-9(14)7-10(15)13(17-12)19(4)8-11(20)18(2)3/h7H,5-6,8H2,1-4H3,(H,16,17). The molecule has 0 radical (unpaired) electrons. The van der Waals surface area contributed by atoms with Gasteiger partial charge in [-0.1, -0.05) is 6.92 Å². The predicted octanol–water partition coefficient (Wildman–Crippen LogP) is 1.71. The molecule has 20 heavy (non-hydrogen) atoms. The van der Waals surface area contributed by atoms with Crippen LogP contribution in [-0.4, -0.2) is 50.0 Å². The third-order valence-electron chi connectivity index (χ3n) is 2.69. The number of hydrogen-bond acceptors (Lipinski definition) is 4. The third-order valence-corrected chi connectivity index (χ3v) is 2.69. The summed E-state index contributed by atoms with van der Waals surface area (Å²) in [6.07, 6.45) is 0.794. The highest BCUT2D eigenvalue weighted by Crippen LogP contribution is 2.21. The van der Waals surface area contributed by atoms with E-state index < -0.39 is 11.6 Å². The van der Waals surface area contributed by atoms with E-state index in [2.05, 4.69) is 10.3 Å². The van der Waals surface area contributed by atoms with Gasteiger partial charge in [0, 0.05) is 33.8 Å². The van der Waals surface area contributed by atoms with Crippen LogP contribution in [0.3, 0.4) is 0 Å². The highest BCUT2D eigenvalue weighted by molar-refractivity contribution is 5.80. The molecule has 0 atom stereocenters. The molecule has 7 heteroatoms. The summed E-state index contributed by atoms with van der Waals surface area (Å²) in [5.41, 5.74) is 0. The van der Waals surface area contributed by atoms with Crippen LogP contribution < -0.4 is 10.2 Å². The first-order chi connectivity index (χ1) is 9.36. The molecule has 1 heterocycles. The summed E-state index contributed by atoms with van der Waals surface area (Å²) in [6, 6.07) is 0.775. The Morgan fingerprint density at radius 3 is 2.50 bits per heavy atom. The minimum Gasteiger partial charge on any atom is -0.368 e. The van der Waals surface area contributed by atoms with Crippen LogP contribution in [0, 0.1) is 11.6 Å². The molecule has 0 saturated carbocycles. The van der Waals surface area contributed by atoms with Gasteiger partial charge in [0.1, 0.15) is 0 Å². The molecule has 0 aliphatic carbocycles. The molecule has 1 N–H and O–H groups in total. The van der Waals surface area contributed by atoms with Gasteiger partial charge in [-0.2, -0.15) is 0 Å². The predicted molar refractivity (Wildman–Crippen MR) is 74.9 cm³/mol. The molecule has 0 aliphatic rings. The Kier molecular flexibility index (Phi) is 5.66. The number of hydrogen-bond donors (Lipinski definition) is 1. The van der Waals surface area contributed by atoms with Crippen molar-refractivity contribution >= 4 is 17.5 Å². The lowest BCUT2D eigenvalue weighted by Crippen LogP contribution is -2.35. The maximum Gasteiger partial charge on any atom is 0.241 e. The Bertz CT molecular complexity index is 480. The van der Waals surface area contributed by atoms with Crippen LogP contribution in [-0.2, 0) is 4.79 Å². The number of rotatable bonds is 6. The van der Waals surface area contributed by atoms with Gasteiger partial charge in [-0.25, -0.2) is 13.8 Å². The van der Waals surface area contributed by atoms with Crippen molar-refractivity contribution < 1.29 is 13.6 Å². The van der Waals surface area contributed by atoms with Gasteiger partial charge < -0.3 is 15.1 Å². The number of pyridine rings is 1. The first-order valence-corrected chi connectivity index (χ1v) is 6.38. The van der Waals surface area contributed by atoms with E-state index in [0.717, 1.165) is 12.5 Å². The lowest BCUT2D eigenvalue weighted by Gasteiger charge is -2.21. The number of nitrogens with one attached hydrogen (secondary N) is 1. The molecule has 1 rings (SSSR count). The second kappa shape index (κ2) is 7.02. The summed E-state index contributed by atoms with van der Waals surface area (Å²) in [5.74, 6) is -1.79. The molecular weight excluding hydrogens is 266 g/mol. The SMILES string of the molecule is CCCNc1nc(N(C)CC(=O)N(C)C)c(F)cc1F. The van der Waals surface area contributed by atoms with Crippen molar-refractivity contribution in [3.8, 4) is 0 Å². The van der Waals surface area contributed by atoms with Crippen molar-refractivity contribution in [2.75, 3.05) is 44.4 Å². The summed E-state index contributed by atoms with van der Waals surface area (Å²) < 4.78 is 27.3. The van der Waals surface area contributed by atoms with Crippen LogP contribution in [0.2, 0.25) is 0 Å². The van der Waals surface area contributed by atoms with Crippen molar-refractivity contribution in [1.82, 2.24) is 9.88 Å². The van der Waals surface area contributed by atoms with Gasteiger partial charge in [0.2, 0.25) is 5.91 Å². The van der Waals surface area contributed by atoms with E-state index in [0.29, 0.717) is 6.54 Å². The van der Waals surface area contributed by atoms with Gasteiger partial charge in [-0.3, -0.25) is 4.79 Å². The maximum atomic E-state index is 13.8. The van der Waals surface area contributed by atoms with Crippen molar-refractivity contribution in [2.24, 2.45) is 0 Å². The van der Waals surface area contributed by atoms with Crippen molar-refractivity contribution in [3.63, 3.8) is 0 Å². The Morgan fingerprint density at radius 1 is 1.30 bits per heavy atom. The summed E-state index contributed by atoms with van der Waals surface area (Å²) in [7, 11) is 4.76. The number of nitrogens with zero attached hydrogens (tertiary/aromatic N) is 3. The minimum atomic E-state index is -0.793. The van der Waals surface area contributed by atoms with Gasteiger partial charge in [-0.15, -0.1) is 0 Å². The van der Waals surface area contributed by atoms with E-state index in [9.17, 15) is 13.6 Å². The number of anilines is 2. The van der Waals surface area contributed by atoms with E-state index in [1.54, 1.807) is 14.1 Å². The van der Waals surface area contributed by atoms with E-state index in [4.69, 9.17) is 0 Å². The fourth-order valence-corrected chi connectivity index (χ4v) is 1.51. The smallest absolute Gasteiger partial charge is 0.241 e.